The Morgan fingerprint density at radius 1 is 1.27 bits per heavy atom. The fourth-order valence-electron chi connectivity index (χ4n) is 1.82. The number of hydroxylamine groups is 2. The Balaban J connectivity index is 3.12. The molecule has 0 aliphatic rings. The SMILES string of the molecule is C=CCCCN(Oc1ccc([N+](=O)[O-])cc1[N+](=O)[O-])C(=O)OC(C)(C)C. The molecule has 10 nitrogen and oxygen atoms in total. The Morgan fingerprint density at radius 3 is 2.42 bits per heavy atom. The van der Waals surface area contributed by atoms with E-state index < -0.39 is 32.9 Å². The first-order valence-corrected chi connectivity index (χ1v) is 7.77. The van der Waals surface area contributed by atoms with E-state index >= 15 is 0 Å². The van der Waals surface area contributed by atoms with Crippen molar-refractivity contribution in [2.75, 3.05) is 6.54 Å². The third-order valence-electron chi connectivity index (χ3n) is 2.93. The zero-order chi connectivity index (χ0) is 19.9. The molecule has 0 atom stereocenters. The third-order valence-corrected chi connectivity index (χ3v) is 2.93. The lowest BCUT2D eigenvalue weighted by molar-refractivity contribution is -0.395. The third kappa shape index (κ3) is 6.38. The Hall–Kier alpha value is -3.17. The van der Waals surface area contributed by atoms with Crippen molar-refractivity contribution in [3.8, 4) is 5.75 Å². The second-order valence-electron chi connectivity index (χ2n) is 6.27. The molecule has 26 heavy (non-hydrogen) atoms. The van der Waals surface area contributed by atoms with Crippen LogP contribution < -0.4 is 4.84 Å². The fourth-order valence-corrected chi connectivity index (χ4v) is 1.82. The molecule has 0 N–H and O–H groups in total. The highest BCUT2D eigenvalue weighted by atomic mass is 16.7. The lowest BCUT2D eigenvalue weighted by Gasteiger charge is -2.26. The number of hydrogen-bond donors (Lipinski definition) is 0. The first-order chi connectivity index (χ1) is 12.0. The van der Waals surface area contributed by atoms with Gasteiger partial charge in [-0.2, -0.15) is 0 Å². The van der Waals surface area contributed by atoms with E-state index in [0.717, 1.165) is 23.3 Å². The lowest BCUT2D eigenvalue weighted by Crippen LogP contribution is -2.39. The van der Waals surface area contributed by atoms with Crippen molar-refractivity contribution in [2.24, 2.45) is 0 Å². The molecule has 142 valence electrons. The zero-order valence-electron chi connectivity index (χ0n) is 14.8. The summed E-state index contributed by atoms with van der Waals surface area (Å²) in [6.45, 7) is 8.68. The van der Waals surface area contributed by atoms with Gasteiger partial charge in [0.2, 0.25) is 5.75 Å². The van der Waals surface area contributed by atoms with Crippen molar-refractivity contribution in [1.29, 1.82) is 0 Å². The molecule has 0 saturated carbocycles. The van der Waals surface area contributed by atoms with E-state index in [1.807, 2.05) is 0 Å². The number of nitro groups is 2. The molecule has 0 aliphatic carbocycles. The first-order valence-electron chi connectivity index (χ1n) is 7.77. The molecule has 10 heteroatoms. The molecular formula is C16H21N3O7. The topological polar surface area (TPSA) is 125 Å². The normalized spacial score (nSPS) is 10.7. The van der Waals surface area contributed by atoms with Crippen molar-refractivity contribution in [3.63, 3.8) is 0 Å². The summed E-state index contributed by atoms with van der Waals surface area (Å²) >= 11 is 0. The summed E-state index contributed by atoms with van der Waals surface area (Å²) in [5.41, 5.74) is -1.88. The summed E-state index contributed by atoms with van der Waals surface area (Å²) < 4.78 is 5.22. The van der Waals surface area contributed by atoms with Crippen LogP contribution in [-0.2, 0) is 4.74 Å². The van der Waals surface area contributed by atoms with E-state index in [0.29, 0.717) is 12.8 Å². The summed E-state index contributed by atoms with van der Waals surface area (Å²) in [6, 6.07) is 2.90. The minimum Gasteiger partial charge on any atom is -0.442 e. The highest BCUT2D eigenvalue weighted by molar-refractivity contribution is 5.67. The molecule has 0 aliphatic heterocycles. The van der Waals surface area contributed by atoms with Crippen molar-refractivity contribution in [2.45, 2.75) is 39.2 Å². The maximum absolute atomic E-state index is 12.3. The van der Waals surface area contributed by atoms with Crippen LogP contribution >= 0.6 is 0 Å². The van der Waals surface area contributed by atoms with Crippen LogP contribution in [0.4, 0.5) is 16.2 Å². The number of benzene rings is 1. The Labute approximate surface area is 150 Å². The zero-order valence-corrected chi connectivity index (χ0v) is 14.8. The molecular weight excluding hydrogens is 346 g/mol. The molecule has 0 bridgehead atoms. The smallest absolute Gasteiger partial charge is 0.442 e. The van der Waals surface area contributed by atoms with Crippen LogP contribution in [0.1, 0.15) is 33.6 Å². The minimum absolute atomic E-state index is 0.0923. The van der Waals surface area contributed by atoms with Gasteiger partial charge in [-0.15, -0.1) is 11.6 Å². The Bertz CT molecular complexity index is 698. The van der Waals surface area contributed by atoms with Gasteiger partial charge in [-0.25, -0.2) is 4.79 Å². The molecule has 0 spiro atoms. The number of carbonyl (C=O) groups excluding carboxylic acids is 1. The van der Waals surface area contributed by atoms with Gasteiger partial charge in [0.25, 0.3) is 5.69 Å². The number of nitro benzene ring substituents is 2. The van der Waals surface area contributed by atoms with Gasteiger partial charge < -0.3 is 9.57 Å². The summed E-state index contributed by atoms with van der Waals surface area (Å²) in [7, 11) is 0. The minimum atomic E-state index is -0.825. The number of allylic oxidation sites excluding steroid dienone is 1. The molecule has 0 heterocycles. The molecule has 1 amide bonds. The molecule has 0 radical (unpaired) electrons. The quantitative estimate of drug-likeness (QED) is 0.294. The molecule has 0 saturated heterocycles. The van der Waals surface area contributed by atoms with E-state index in [2.05, 4.69) is 6.58 Å². The Kier molecular flexibility index (Phi) is 7.06. The van der Waals surface area contributed by atoms with Crippen molar-refractivity contribution in [1.82, 2.24) is 5.06 Å². The lowest BCUT2D eigenvalue weighted by atomic mass is 10.2. The highest BCUT2D eigenvalue weighted by Gasteiger charge is 2.27. The van der Waals surface area contributed by atoms with E-state index in [1.54, 1.807) is 26.8 Å². The van der Waals surface area contributed by atoms with Gasteiger partial charge in [-0.05, 0) is 39.7 Å². The van der Waals surface area contributed by atoms with Crippen LogP contribution in [0.25, 0.3) is 0 Å². The first kappa shape index (κ1) is 20.9. The van der Waals surface area contributed by atoms with Gasteiger partial charge in [-0.1, -0.05) is 6.08 Å². The van der Waals surface area contributed by atoms with E-state index in [1.165, 1.54) is 0 Å². The van der Waals surface area contributed by atoms with Crippen molar-refractivity contribution < 1.29 is 24.2 Å². The van der Waals surface area contributed by atoms with Crippen molar-refractivity contribution in [3.05, 3.63) is 51.1 Å². The van der Waals surface area contributed by atoms with Crippen molar-refractivity contribution >= 4 is 17.5 Å². The molecule has 0 aromatic heterocycles. The number of nitrogens with zero attached hydrogens (tertiary/aromatic N) is 3. The van der Waals surface area contributed by atoms with Gasteiger partial charge in [0.1, 0.15) is 5.60 Å². The van der Waals surface area contributed by atoms with Crippen LogP contribution in [0.3, 0.4) is 0 Å². The van der Waals surface area contributed by atoms with Crippen LogP contribution in [-0.4, -0.2) is 33.1 Å². The van der Waals surface area contributed by atoms with E-state index in [9.17, 15) is 25.0 Å². The van der Waals surface area contributed by atoms with Crippen LogP contribution in [0.15, 0.2) is 30.9 Å². The van der Waals surface area contributed by atoms with Gasteiger partial charge in [0, 0.05) is 6.07 Å². The summed E-state index contributed by atoms with van der Waals surface area (Å²) in [5, 5.41) is 22.8. The highest BCUT2D eigenvalue weighted by Crippen LogP contribution is 2.32. The maximum atomic E-state index is 12.3. The number of unbranched alkanes of at least 4 members (excludes halogenated alkanes) is 1. The second kappa shape index (κ2) is 8.79. The second-order valence-corrected chi connectivity index (χ2v) is 6.27. The van der Waals surface area contributed by atoms with Gasteiger partial charge >= 0.3 is 11.8 Å². The number of rotatable bonds is 8. The van der Waals surface area contributed by atoms with Crippen LogP contribution in [0, 0.1) is 20.2 Å². The maximum Gasteiger partial charge on any atom is 0.443 e. The number of amides is 1. The molecule has 1 aromatic carbocycles. The molecule has 1 aromatic rings. The monoisotopic (exact) mass is 367 g/mol. The summed E-state index contributed by atoms with van der Waals surface area (Å²) in [4.78, 5) is 38.1. The Morgan fingerprint density at radius 2 is 1.92 bits per heavy atom. The van der Waals surface area contributed by atoms with E-state index in [4.69, 9.17) is 9.57 Å². The summed E-state index contributed by atoms with van der Waals surface area (Å²) in [6.07, 6.45) is 1.91. The molecule has 1 rings (SSSR count). The van der Waals surface area contributed by atoms with Gasteiger partial charge in [0.15, 0.2) is 0 Å². The number of non-ortho nitro benzene ring substituents is 1. The predicted octanol–water partition coefficient (Wildman–Crippen LogP) is 4.00. The number of ether oxygens (including phenoxy) is 1. The average Bonchev–Trinajstić information content (AvgIpc) is 2.52. The standard InChI is InChI=1S/C16H21N3O7/c1-5-6-7-10-17(15(20)25-16(2,3)4)26-14-9-8-12(18(21)22)11-13(14)19(23)24/h5,8-9,11H,1,6-7,10H2,2-4H3. The molecule has 0 unspecified atom stereocenters. The van der Waals surface area contributed by atoms with Gasteiger partial charge in [-0.3, -0.25) is 20.2 Å². The van der Waals surface area contributed by atoms with E-state index in [-0.39, 0.29) is 12.3 Å². The summed E-state index contributed by atoms with van der Waals surface area (Å²) in [5.74, 6) is -0.301. The number of carbonyl (C=O) groups is 1. The average molecular weight is 367 g/mol. The van der Waals surface area contributed by atoms with Gasteiger partial charge in [0.05, 0.1) is 22.5 Å². The fraction of sp³-hybridized carbons (Fsp3) is 0.438. The van der Waals surface area contributed by atoms with Crippen LogP contribution in [0.2, 0.25) is 0 Å². The number of hydrogen-bond acceptors (Lipinski definition) is 7. The van der Waals surface area contributed by atoms with Crippen LogP contribution in [0.5, 0.6) is 5.75 Å². The molecule has 0 fully saturated rings. The largest absolute Gasteiger partial charge is 0.443 e. The predicted molar refractivity (Wildman–Crippen MR) is 92.7 cm³/mol.